The Hall–Kier alpha value is -6.32. The highest BCUT2D eigenvalue weighted by molar-refractivity contribution is 7.00. The monoisotopic (exact) mass is 732 g/mol. The molecule has 9 aromatic rings. The van der Waals surface area contributed by atoms with Gasteiger partial charge in [0.2, 0.25) is 0 Å². The van der Waals surface area contributed by atoms with Crippen LogP contribution in [0.4, 0.5) is 0 Å². The molecular weight excluding hydrogens is 687 g/mol. The second-order valence-electron chi connectivity index (χ2n) is 18.4. The van der Waals surface area contributed by atoms with Gasteiger partial charge in [-0.2, -0.15) is 0 Å². The number of hydrogen-bond donors (Lipinski definition) is 0. The predicted octanol–water partition coefficient (Wildman–Crippen LogP) is 12.2. The molecule has 4 heterocycles. The fraction of sp³-hybridized carbons (Fsp3) is 0.148. The summed E-state index contributed by atoms with van der Waals surface area (Å²) in [7, 11) is 0. The van der Waals surface area contributed by atoms with Crippen LogP contribution < -0.4 is 16.4 Å². The van der Waals surface area contributed by atoms with E-state index < -0.39 is 0 Å². The van der Waals surface area contributed by atoms with Crippen LogP contribution in [-0.2, 0) is 10.8 Å². The lowest BCUT2D eigenvalue weighted by Crippen LogP contribution is -2.59. The summed E-state index contributed by atoms with van der Waals surface area (Å²) < 4.78 is 5.19. The third-order valence-corrected chi connectivity index (χ3v) is 12.9. The molecule has 0 fully saturated rings. The van der Waals surface area contributed by atoms with E-state index in [1.54, 1.807) is 0 Å². The van der Waals surface area contributed by atoms with Gasteiger partial charge in [-0.25, -0.2) is 0 Å². The van der Waals surface area contributed by atoms with Crippen molar-refractivity contribution in [2.24, 2.45) is 0 Å². The summed E-state index contributed by atoms with van der Waals surface area (Å²) in [5, 5.41) is 5.23. The zero-order valence-electron chi connectivity index (χ0n) is 33.7. The van der Waals surface area contributed by atoms with Crippen LogP contribution in [0.2, 0.25) is 0 Å². The summed E-state index contributed by atoms with van der Waals surface area (Å²) in [6, 6.07) is 49.0. The summed E-state index contributed by atoms with van der Waals surface area (Å²) >= 11 is 0. The third-order valence-electron chi connectivity index (χ3n) is 12.9. The molecule has 0 aliphatic carbocycles. The van der Waals surface area contributed by atoms with Crippen molar-refractivity contribution in [3.05, 3.63) is 163 Å². The van der Waals surface area contributed by atoms with Crippen LogP contribution in [0.25, 0.3) is 89.4 Å². The van der Waals surface area contributed by atoms with Crippen molar-refractivity contribution >= 4 is 78.9 Å². The highest BCUT2D eigenvalue weighted by Crippen LogP contribution is 2.43. The van der Waals surface area contributed by atoms with Gasteiger partial charge < -0.3 is 9.13 Å². The number of hydrogen-bond acceptors (Lipinski definition) is 0. The Kier molecular flexibility index (Phi) is 6.92. The topological polar surface area (TPSA) is 9.86 Å². The molecule has 7 aromatic carbocycles. The van der Waals surface area contributed by atoms with Gasteiger partial charge in [-0.3, -0.25) is 0 Å². The summed E-state index contributed by atoms with van der Waals surface area (Å²) in [6.07, 6.45) is 3.84. The Labute approximate surface area is 335 Å². The van der Waals surface area contributed by atoms with Gasteiger partial charge in [-0.15, -0.1) is 0 Å². The molecule has 0 atom stereocenters. The molecule has 0 saturated carbocycles. The van der Waals surface area contributed by atoms with Gasteiger partial charge >= 0.3 is 0 Å². The van der Waals surface area contributed by atoms with E-state index >= 15 is 0 Å². The molecule has 57 heavy (non-hydrogen) atoms. The Morgan fingerprint density at radius 1 is 0.456 bits per heavy atom. The highest BCUT2D eigenvalue weighted by atomic mass is 15.0. The molecule has 0 radical (unpaired) electrons. The van der Waals surface area contributed by atoms with Gasteiger partial charge in [-0.05, 0) is 114 Å². The quantitative estimate of drug-likeness (QED) is 0.160. The second-order valence-corrected chi connectivity index (χ2v) is 18.4. The minimum absolute atomic E-state index is 0.0120. The lowest BCUT2D eigenvalue weighted by molar-refractivity contribution is 0.591. The summed E-state index contributed by atoms with van der Waals surface area (Å²) in [6.45, 7) is 22.0. The normalized spacial score (nSPS) is 13.2. The summed E-state index contributed by atoms with van der Waals surface area (Å²) in [4.78, 5) is 0. The van der Waals surface area contributed by atoms with Crippen molar-refractivity contribution in [1.82, 2.24) is 9.13 Å². The number of nitrogens with zero attached hydrogens (tertiary/aromatic N) is 2. The van der Waals surface area contributed by atoms with Gasteiger partial charge in [-0.1, -0.05) is 152 Å². The summed E-state index contributed by atoms with van der Waals surface area (Å²) in [5.74, 6) is 0. The average Bonchev–Trinajstić information content (AvgIpc) is 3.73. The summed E-state index contributed by atoms with van der Waals surface area (Å²) in [5.41, 5.74) is 21.6. The van der Waals surface area contributed by atoms with Crippen molar-refractivity contribution in [3.63, 3.8) is 0 Å². The molecule has 0 amide bonds. The standard InChI is InChI=1S/C54H45BN2/c1-9-32-14-18-34(19-15-32)36-26-43-42-31-39(54(6,7)8)23-25-47(42)57-49-29-37(35-20-16-33(10-2)17-21-35)28-48-50(49)55(45(27-36)52(43)57)44-13-11-12-40-41-30-38(53(3,4)5)22-24-46(41)56(48)51(40)44/h9-31H,1-2H2,3-8H3. The Bertz CT molecular complexity index is 3210. The molecular formula is C54H45BN2. The van der Waals surface area contributed by atoms with Crippen molar-refractivity contribution in [2.75, 3.05) is 0 Å². The minimum Gasteiger partial charge on any atom is -0.310 e. The smallest absolute Gasteiger partial charge is 0.252 e. The zero-order chi connectivity index (χ0) is 39.1. The number of aromatic nitrogens is 2. The van der Waals surface area contributed by atoms with E-state index in [0.717, 1.165) is 11.1 Å². The van der Waals surface area contributed by atoms with Gasteiger partial charge in [0.15, 0.2) is 0 Å². The van der Waals surface area contributed by atoms with E-state index in [1.807, 2.05) is 12.2 Å². The van der Waals surface area contributed by atoms with Crippen LogP contribution in [0.5, 0.6) is 0 Å². The minimum atomic E-state index is 0.0120. The molecule has 274 valence electrons. The Morgan fingerprint density at radius 3 is 1.46 bits per heavy atom. The van der Waals surface area contributed by atoms with Crippen LogP contribution in [0.15, 0.2) is 141 Å². The van der Waals surface area contributed by atoms with E-state index in [9.17, 15) is 0 Å². The Morgan fingerprint density at radius 2 is 0.947 bits per heavy atom. The first-order valence-corrected chi connectivity index (χ1v) is 20.3. The maximum atomic E-state index is 4.03. The molecule has 0 N–H and O–H groups in total. The number of benzene rings is 7. The van der Waals surface area contributed by atoms with Gasteiger partial charge in [0.05, 0.1) is 11.0 Å². The molecule has 2 aliphatic heterocycles. The molecule has 0 unspecified atom stereocenters. The van der Waals surface area contributed by atoms with Crippen LogP contribution in [0.1, 0.15) is 63.8 Å². The fourth-order valence-electron chi connectivity index (χ4n) is 9.88. The zero-order valence-corrected chi connectivity index (χ0v) is 33.7. The van der Waals surface area contributed by atoms with Crippen molar-refractivity contribution in [1.29, 1.82) is 0 Å². The van der Waals surface area contributed by atoms with Crippen molar-refractivity contribution < 1.29 is 0 Å². The van der Waals surface area contributed by atoms with E-state index in [2.05, 4.69) is 191 Å². The first-order chi connectivity index (χ1) is 27.4. The lowest BCUT2D eigenvalue weighted by Gasteiger charge is -2.34. The molecule has 0 bridgehead atoms. The number of fused-ring (bicyclic) bond motifs is 10. The van der Waals surface area contributed by atoms with E-state index in [1.165, 1.54) is 105 Å². The van der Waals surface area contributed by atoms with E-state index in [-0.39, 0.29) is 17.5 Å². The molecule has 2 aromatic heterocycles. The Balaban J connectivity index is 1.32. The van der Waals surface area contributed by atoms with Crippen molar-refractivity contribution in [3.8, 4) is 33.6 Å². The van der Waals surface area contributed by atoms with Crippen LogP contribution in [0, 0.1) is 0 Å². The molecule has 11 rings (SSSR count). The van der Waals surface area contributed by atoms with Crippen LogP contribution >= 0.6 is 0 Å². The second kappa shape index (κ2) is 11.6. The molecule has 0 saturated heterocycles. The molecule has 0 spiro atoms. The van der Waals surface area contributed by atoms with E-state index in [0.29, 0.717) is 0 Å². The van der Waals surface area contributed by atoms with Gasteiger partial charge in [0.1, 0.15) is 0 Å². The van der Waals surface area contributed by atoms with Crippen molar-refractivity contribution in [2.45, 2.75) is 52.4 Å². The van der Waals surface area contributed by atoms with Crippen LogP contribution in [-0.4, -0.2) is 15.8 Å². The van der Waals surface area contributed by atoms with Gasteiger partial charge in [0, 0.05) is 44.0 Å². The van der Waals surface area contributed by atoms with Crippen LogP contribution in [0.3, 0.4) is 0 Å². The largest absolute Gasteiger partial charge is 0.310 e. The number of rotatable bonds is 4. The molecule has 2 aliphatic rings. The number of para-hydroxylation sites is 1. The maximum absolute atomic E-state index is 4.03. The molecule has 3 heteroatoms. The molecule has 2 nitrogen and oxygen atoms in total. The SMILES string of the molecule is C=Cc1ccc(-c2cc3c4c(c2)-n2c5ccc(C(C)(C)C)cc5c5cc(-c6ccc(C=C)cc6)cc(c52)B4c2cccc4c5cc(C(C)(C)C)ccc5n-3c24)cc1. The maximum Gasteiger partial charge on any atom is 0.252 e. The fourth-order valence-corrected chi connectivity index (χ4v) is 9.88. The average molecular weight is 733 g/mol. The first kappa shape index (κ1) is 34.0. The first-order valence-electron chi connectivity index (χ1n) is 20.3. The predicted molar refractivity (Wildman–Crippen MR) is 248 cm³/mol. The highest BCUT2D eigenvalue weighted by Gasteiger charge is 2.41. The van der Waals surface area contributed by atoms with Gasteiger partial charge in [0.25, 0.3) is 6.71 Å². The lowest BCUT2D eigenvalue weighted by atomic mass is 9.34. The third kappa shape index (κ3) is 4.78. The van der Waals surface area contributed by atoms with E-state index in [4.69, 9.17) is 0 Å².